The maximum Gasteiger partial charge on any atom is 0.0478 e. The summed E-state index contributed by atoms with van der Waals surface area (Å²) in [5, 5.41) is 5.29. The number of fused-ring (bicyclic) bond motifs is 3. The van der Waals surface area contributed by atoms with Crippen LogP contribution >= 0.6 is 0 Å². The average Bonchev–Trinajstić information content (AvgIpc) is 2.95. The lowest BCUT2D eigenvalue weighted by Crippen LogP contribution is -2.34. The van der Waals surface area contributed by atoms with E-state index in [1.54, 1.807) is 0 Å². The molecule has 24 heavy (non-hydrogen) atoms. The molecule has 2 heteroatoms. The minimum atomic E-state index is 0.445. The van der Waals surface area contributed by atoms with Crippen LogP contribution in [0.5, 0.6) is 0 Å². The van der Waals surface area contributed by atoms with E-state index in [4.69, 9.17) is 0 Å². The predicted molar refractivity (Wildman–Crippen MR) is 101 cm³/mol. The maximum atomic E-state index is 3.87. The number of rotatable bonds is 4. The molecular formula is C22H26N2. The quantitative estimate of drug-likeness (QED) is 0.690. The fourth-order valence-electron chi connectivity index (χ4n) is 4.11. The molecule has 0 amide bonds. The van der Waals surface area contributed by atoms with Crippen LogP contribution in [0, 0.1) is 6.92 Å². The van der Waals surface area contributed by atoms with Crippen molar-refractivity contribution in [2.45, 2.75) is 51.6 Å². The van der Waals surface area contributed by atoms with Gasteiger partial charge in [-0.2, -0.15) is 0 Å². The summed E-state index contributed by atoms with van der Waals surface area (Å²) in [4.78, 5) is 3.70. The van der Waals surface area contributed by atoms with Crippen molar-refractivity contribution in [1.82, 2.24) is 10.3 Å². The summed E-state index contributed by atoms with van der Waals surface area (Å²) >= 11 is 0. The van der Waals surface area contributed by atoms with E-state index in [-0.39, 0.29) is 0 Å². The molecule has 1 heterocycles. The Kier molecular flexibility index (Phi) is 4.15. The monoisotopic (exact) mass is 318 g/mol. The largest absolute Gasteiger partial charge is 0.357 e. The van der Waals surface area contributed by atoms with Crippen molar-refractivity contribution in [1.29, 1.82) is 0 Å². The van der Waals surface area contributed by atoms with Gasteiger partial charge in [-0.3, -0.25) is 0 Å². The molecule has 0 fully saturated rings. The summed E-state index contributed by atoms with van der Waals surface area (Å²) in [6, 6.07) is 18.4. The number of benzene rings is 2. The van der Waals surface area contributed by atoms with Crippen LogP contribution in [0.4, 0.5) is 0 Å². The van der Waals surface area contributed by atoms with Gasteiger partial charge in [0.1, 0.15) is 0 Å². The van der Waals surface area contributed by atoms with E-state index in [1.165, 1.54) is 52.5 Å². The van der Waals surface area contributed by atoms with Gasteiger partial charge in [0.25, 0.3) is 0 Å². The number of hydrogen-bond acceptors (Lipinski definition) is 1. The second-order valence-corrected chi connectivity index (χ2v) is 7.27. The van der Waals surface area contributed by atoms with Crippen LogP contribution in [0.2, 0.25) is 0 Å². The topological polar surface area (TPSA) is 27.8 Å². The average molecular weight is 318 g/mol. The Morgan fingerprint density at radius 3 is 2.83 bits per heavy atom. The number of H-pyrrole nitrogens is 1. The summed E-state index contributed by atoms with van der Waals surface area (Å²) in [6.07, 6.45) is 4.76. The van der Waals surface area contributed by atoms with E-state index < -0.39 is 0 Å². The Labute approximate surface area is 144 Å². The first-order valence-electron chi connectivity index (χ1n) is 9.12. The molecule has 0 saturated carbocycles. The smallest absolute Gasteiger partial charge is 0.0478 e. The Hall–Kier alpha value is -2.06. The van der Waals surface area contributed by atoms with E-state index in [1.807, 2.05) is 0 Å². The first-order chi connectivity index (χ1) is 11.7. The SMILES string of the molecule is Cc1ccc2[nH]c3c(c2c1)CCC[C@@H]3N[C@@H](C)Cc1ccccc1. The van der Waals surface area contributed by atoms with Crippen LogP contribution in [-0.2, 0) is 12.8 Å². The normalized spacial score (nSPS) is 18.5. The molecule has 0 saturated heterocycles. The molecule has 0 spiro atoms. The van der Waals surface area contributed by atoms with E-state index in [9.17, 15) is 0 Å². The van der Waals surface area contributed by atoms with E-state index in [0.29, 0.717) is 12.1 Å². The molecule has 1 aromatic heterocycles. The summed E-state index contributed by atoms with van der Waals surface area (Å²) < 4.78 is 0. The van der Waals surface area contributed by atoms with Gasteiger partial charge in [0, 0.05) is 28.7 Å². The summed E-state index contributed by atoms with van der Waals surface area (Å²) in [5.74, 6) is 0. The van der Waals surface area contributed by atoms with Gasteiger partial charge in [0.2, 0.25) is 0 Å². The highest BCUT2D eigenvalue weighted by molar-refractivity contribution is 5.85. The fraction of sp³-hybridized carbons (Fsp3) is 0.364. The Balaban J connectivity index is 1.56. The fourth-order valence-corrected chi connectivity index (χ4v) is 4.11. The molecule has 2 N–H and O–H groups in total. The van der Waals surface area contributed by atoms with Gasteiger partial charge in [0.15, 0.2) is 0 Å². The van der Waals surface area contributed by atoms with Crippen molar-refractivity contribution in [2.24, 2.45) is 0 Å². The summed E-state index contributed by atoms with van der Waals surface area (Å²) in [6.45, 7) is 4.48. The highest BCUT2D eigenvalue weighted by Gasteiger charge is 2.25. The third-order valence-electron chi connectivity index (χ3n) is 5.23. The lowest BCUT2D eigenvalue weighted by Gasteiger charge is -2.27. The molecule has 0 unspecified atom stereocenters. The molecule has 4 rings (SSSR count). The lowest BCUT2D eigenvalue weighted by atomic mass is 9.90. The van der Waals surface area contributed by atoms with Gasteiger partial charge in [0.05, 0.1) is 0 Å². The predicted octanol–water partition coefficient (Wildman–Crippen LogP) is 5.07. The highest BCUT2D eigenvalue weighted by atomic mass is 15.0. The van der Waals surface area contributed by atoms with Crippen molar-refractivity contribution in [3.8, 4) is 0 Å². The molecule has 2 aromatic carbocycles. The van der Waals surface area contributed by atoms with Crippen molar-refractivity contribution >= 4 is 10.9 Å². The zero-order chi connectivity index (χ0) is 16.5. The number of nitrogens with one attached hydrogen (secondary N) is 2. The first-order valence-corrected chi connectivity index (χ1v) is 9.12. The van der Waals surface area contributed by atoms with E-state index in [0.717, 1.165) is 6.42 Å². The second kappa shape index (κ2) is 6.45. The highest BCUT2D eigenvalue weighted by Crippen LogP contribution is 2.35. The van der Waals surface area contributed by atoms with Crippen LogP contribution in [0.3, 0.4) is 0 Å². The molecule has 1 aliphatic rings. The molecule has 2 nitrogen and oxygen atoms in total. The molecular weight excluding hydrogens is 292 g/mol. The van der Waals surface area contributed by atoms with Gasteiger partial charge in [-0.1, -0.05) is 42.0 Å². The van der Waals surface area contributed by atoms with Crippen LogP contribution in [0.1, 0.15) is 48.2 Å². The van der Waals surface area contributed by atoms with Crippen LogP contribution in [0.25, 0.3) is 10.9 Å². The summed E-state index contributed by atoms with van der Waals surface area (Å²) in [7, 11) is 0. The zero-order valence-corrected chi connectivity index (χ0v) is 14.6. The first kappa shape index (κ1) is 15.5. The number of aromatic nitrogens is 1. The minimum absolute atomic E-state index is 0.445. The van der Waals surface area contributed by atoms with Gasteiger partial charge >= 0.3 is 0 Å². The second-order valence-electron chi connectivity index (χ2n) is 7.27. The number of aryl methyl sites for hydroxylation is 2. The summed E-state index contributed by atoms with van der Waals surface area (Å²) in [5.41, 5.74) is 6.98. The lowest BCUT2D eigenvalue weighted by molar-refractivity contribution is 0.402. The maximum absolute atomic E-state index is 3.87. The molecule has 1 aliphatic carbocycles. The molecule has 0 radical (unpaired) electrons. The Morgan fingerprint density at radius 2 is 2.00 bits per heavy atom. The van der Waals surface area contributed by atoms with Crippen molar-refractivity contribution in [2.75, 3.05) is 0 Å². The minimum Gasteiger partial charge on any atom is -0.357 e. The van der Waals surface area contributed by atoms with Gasteiger partial charge in [-0.25, -0.2) is 0 Å². The standard InChI is InChI=1S/C22H26N2/c1-15-11-12-20-19(13-15)18-9-6-10-21(22(18)24-20)23-16(2)14-17-7-4-3-5-8-17/h3-5,7-8,11-13,16,21,23-24H,6,9-10,14H2,1-2H3/t16-,21-/m0/s1. The van der Waals surface area contributed by atoms with Gasteiger partial charge in [-0.15, -0.1) is 0 Å². The molecule has 124 valence electrons. The molecule has 3 aromatic rings. The number of hydrogen-bond donors (Lipinski definition) is 2. The van der Waals surface area contributed by atoms with Crippen molar-refractivity contribution in [3.05, 3.63) is 70.9 Å². The van der Waals surface area contributed by atoms with E-state index >= 15 is 0 Å². The van der Waals surface area contributed by atoms with Crippen LogP contribution in [-0.4, -0.2) is 11.0 Å². The van der Waals surface area contributed by atoms with E-state index in [2.05, 4.69) is 72.7 Å². The van der Waals surface area contributed by atoms with Gasteiger partial charge in [-0.05, 0) is 62.8 Å². The number of aromatic amines is 1. The third-order valence-corrected chi connectivity index (χ3v) is 5.23. The molecule has 2 atom stereocenters. The van der Waals surface area contributed by atoms with Crippen molar-refractivity contribution < 1.29 is 0 Å². The van der Waals surface area contributed by atoms with Gasteiger partial charge < -0.3 is 10.3 Å². The zero-order valence-electron chi connectivity index (χ0n) is 14.6. The molecule has 0 aliphatic heterocycles. The Bertz CT molecular complexity index is 832. The molecule has 0 bridgehead atoms. The Morgan fingerprint density at radius 1 is 1.17 bits per heavy atom. The van der Waals surface area contributed by atoms with Crippen LogP contribution in [0.15, 0.2) is 48.5 Å². The van der Waals surface area contributed by atoms with Crippen LogP contribution < -0.4 is 5.32 Å². The third kappa shape index (κ3) is 2.99. The van der Waals surface area contributed by atoms with Crippen molar-refractivity contribution in [3.63, 3.8) is 0 Å².